The van der Waals surface area contributed by atoms with Gasteiger partial charge in [0.1, 0.15) is 0 Å². The number of nitrogens with one attached hydrogen (secondary N) is 1. The largest absolute Gasteiger partial charge is 0.352 e. The van der Waals surface area contributed by atoms with Gasteiger partial charge in [0.15, 0.2) is 11.0 Å². The molecule has 0 radical (unpaired) electrons. The molecule has 128 valence electrons. The first-order chi connectivity index (χ1) is 11.7. The van der Waals surface area contributed by atoms with Gasteiger partial charge in [0.25, 0.3) is 0 Å². The average molecular weight is 345 g/mol. The number of amides is 1. The Morgan fingerprint density at radius 2 is 2.21 bits per heavy atom. The van der Waals surface area contributed by atoms with Crippen LogP contribution in [0.15, 0.2) is 29.7 Å². The fourth-order valence-electron chi connectivity index (χ4n) is 2.97. The van der Waals surface area contributed by atoms with Crippen molar-refractivity contribution in [1.29, 1.82) is 0 Å². The monoisotopic (exact) mass is 345 g/mol. The predicted octanol–water partition coefficient (Wildman–Crippen LogP) is 2.90. The van der Waals surface area contributed by atoms with E-state index in [1.54, 1.807) is 12.4 Å². The number of carbonyl (C=O) groups excluding carboxylic acids is 1. The molecule has 0 unspecified atom stereocenters. The van der Waals surface area contributed by atoms with E-state index in [9.17, 15) is 4.79 Å². The van der Waals surface area contributed by atoms with Gasteiger partial charge in [-0.25, -0.2) is 0 Å². The molecule has 1 N–H and O–H groups in total. The van der Waals surface area contributed by atoms with E-state index >= 15 is 0 Å². The lowest BCUT2D eigenvalue weighted by atomic mass is 10.2. The van der Waals surface area contributed by atoms with Crippen molar-refractivity contribution in [2.45, 2.75) is 62.5 Å². The van der Waals surface area contributed by atoms with E-state index in [2.05, 4.69) is 27.4 Å². The fourth-order valence-corrected chi connectivity index (χ4v) is 3.89. The Morgan fingerprint density at radius 3 is 2.88 bits per heavy atom. The number of pyridine rings is 1. The van der Waals surface area contributed by atoms with Crippen molar-refractivity contribution in [3.05, 3.63) is 24.5 Å². The number of nitrogens with zero attached hydrogens (tertiary/aromatic N) is 4. The number of hydrogen-bond acceptors (Lipinski definition) is 5. The Kier molecular flexibility index (Phi) is 5.50. The Balaban J connectivity index is 1.70. The van der Waals surface area contributed by atoms with Crippen LogP contribution in [0.5, 0.6) is 0 Å². The fraction of sp³-hybridized carbons (Fsp3) is 0.529. The number of carbonyl (C=O) groups is 1. The molecule has 1 aliphatic carbocycles. The predicted molar refractivity (Wildman–Crippen MR) is 94.6 cm³/mol. The standard InChI is InChI=1S/C17H23N5OS/c1-3-22-15(13-7-6-10-18-11-13)20-21-17(22)24-12(2)16(23)19-14-8-4-5-9-14/h6-7,10-12,14H,3-5,8-9H2,1-2H3,(H,19,23)/t12-/m0/s1. The maximum absolute atomic E-state index is 12.4. The SMILES string of the molecule is CCn1c(S[C@@H](C)C(=O)NC2CCCC2)nnc1-c1cccnc1. The molecule has 1 saturated carbocycles. The van der Waals surface area contributed by atoms with E-state index in [-0.39, 0.29) is 11.2 Å². The van der Waals surface area contributed by atoms with Gasteiger partial charge in [-0.15, -0.1) is 10.2 Å². The van der Waals surface area contributed by atoms with E-state index in [0.717, 1.165) is 35.9 Å². The second-order valence-corrected chi connectivity index (χ2v) is 7.35. The third-order valence-electron chi connectivity index (χ3n) is 4.31. The van der Waals surface area contributed by atoms with Gasteiger partial charge in [0, 0.05) is 30.5 Å². The van der Waals surface area contributed by atoms with Crippen LogP contribution in [0.2, 0.25) is 0 Å². The van der Waals surface area contributed by atoms with Crippen LogP contribution in [0.4, 0.5) is 0 Å². The van der Waals surface area contributed by atoms with Crippen LogP contribution in [0.3, 0.4) is 0 Å². The van der Waals surface area contributed by atoms with Crippen LogP contribution in [0.25, 0.3) is 11.4 Å². The van der Waals surface area contributed by atoms with Crippen molar-refractivity contribution in [1.82, 2.24) is 25.1 Å². The van der Waals surface area contributed by atoms with Crippen LogP contribution in [0, 0.1) is 0 Å². The highest BCUT2D eigenvalue weighted by Crippen LogP contribution is 2.27. The van der Waals surface area contributed by atoms with Crippen molar-refractivity contribution in [2.75, 3.05) is 0 Å². The van der Waals surface area contributed by atoms with Crippen molar-refractivity contribution in [3.63, 3.8) is 0 Å². The molecule has 2 heterocycles. The zero-order chi connectivity index (χ0) is 16.9. The summed E-state index contributed by atoms with van der Waals surface area (Å²) in [6.07, 6.45) is 8.14. The van der Waals surface area contributed by atoms with Gasteiger partial charge < -0.3 is 9.88 Å². The molecule has 2 aromatic rings. The molecule has 0 spiro atoms. The van der Waals surface area contributed by atoms with Gasteiger partial charge in [-0.05, 0) is 38.8 Å². The Morgan fingerprint density at radius 1 is 1.42 bits per heavy atom. The van der Waals surface area contributed by atoms with E-state index in [1.165, 1.54) is 24.6 Å². The summed E-state index contributed by atoms with van der Waals surface area (Å²) in [7, 11) is 0. The normalized spacial score (nSPS) is 16.2. The number of rotatable bonds is 6. The van der Waals surface area contributed by atoms with Crippen LogP contribution in [-0.2, 0) is 11.3 Å². The zero-order valence-corrected chi connectivity index (χ0v) is 14.9. The highest BCUT2D eigenvalue weighted by atomic mass is 32.2. The van der Waals surface area contributed by atoms with Gasteiger partial charge in [-0.1, -0.05) is 24.6 Å². The number of aromatic nitrogens is 4. The van der Waals surface area contributed by atoms with Gasteiger partial charge in [-0.2, -0.15) is 0 Å². The summed E-state index contributed by atoms with van der Waals surface area (Å²) in [5.41, 5.74) is 0.932. The Hall–Kier alpha value is -1.89. The van der Waals surface area contributed by atoms with Crippen molar-refractivity contribution < 1.29 is 4.79 Å². The smallest absolute Gasteiger partial charge is 0.233 e. The van der Waals surface area contributed by atoms with Gasteiger partial charge in [0.2, 0.25) is 5.91 Å². The summed E-state index contributed by atoms with van der Waals surface area (Å²) in [5, 5.41) is 12.3. The third-order valence-corrected chi connectivity index (χ3v) is 5.39. The van der Waals surface area contributed by atoms with Crippen molar-refractivity contribution >= 4 is 17.7 Å². The van der Waals surface area contributed by atoms with Crippen LogP contribution in [-0.4, -0.2) is 36.9 Å². The summed E-state index contributed by atoms with van der Waals surface area (Å²) < 4.78 is 2.03. The molecule has 0 aromatic carbocycles. The van der Waals surface area contributed by atoms with Gasteiger partial charge in [-0.3, -0.25) is 9.78 Å². The van der Waals surface area contributed by atoms with E-state index in [1.807, 2.05) is 23.6 Å². The minimum atomic E-state index is -0.193. The third kappa shape index (κ3) is 3.77. The molecule has 0 saturated heterocycles. The maximum Gasteiger partial charge on any atom is 0.233 e. The minimum absolute atomic E-state index is 0.0838. The lowest BCUT2D eigenvalue weighted by molar-refractivity contribution is -0.120. The first-order valence-electron chi connectivity index (χ1n) is 8.49. The van der Waals surface area contributed by atoms with Crippen LogP contribution < -0.4 is 5.32 Å². The topological polar surface area (TPSA) is 72.7 Å². The molecule has 0 bridgehead atoms. The summed E-state index contributed by atoms with van der Waals surface area (Å²) in [6, 6.07) is 4.19. The van der Waals surface area contributed by atoms with E-state index in [0.29, 0.717) is 6.04 Å². The van der Waals surface area contributed by atoms with Crippen molar-refractivity contribution in [2.24, 2.45) is 0 Å². The summed E-state index contributed by atoms with van der Waals surface area (Å²) in [5.74, 6) is 0.872. The molecule has 2 aromatic heterocycles. The first kappa shape index (κ1) is 17.0. The lowest BCUT2D eigenvalue weighted by Crippen LogP contribution is -2.37. The summed E-state index contributed by atoms with van der Waals surface area (Å²) in [4.78, 5) is 16.5. The first-order valence-corrected chi connectivity index (χ1v) is 9.37. The average Bonchev–Trinajstić information content (AvgIpc) is 3.25. The molecule has 24 heavy (non-hydrogen) atoms. The second kappa shape index (κ2) is 7.79. The molecule has 3 rings (SSSR count). The molecule has 1 amide bonds. The molecule has 6 nitrogen and oxygen atoms in total. The molecule has 7 heteroatoms. The molecular formula is C17H23N5OS. The summed E-state index contributed by atoms with van der Waals surface area (Å²) in [6.45, 7) is 4.72. The minimum Gasteiger partial charge on any atom is -0.352 e. The maximum atomic E-state index is 12.4. The zero-order valence-electron chi connectivity index (χ0n) is 14.1. The van der Waals surface area contributed by atoms with Crippen LogP contribution in [0.1, 0.15) is 39.5 Å². The molecule has 0 aliphatic heterocycles. The van der Waals surface area contributed by atoms with Crippen molar-refractivity contribution in [3.8, 4) is 11.4 Å². The molecular weight excluding hydrogens is 322 g/mol. The number of thioether (sulfide) groups is 1. The Bertz CT molecular complexity index is 682. The van der Waals surface area contributed by atoms with Gasteiger partial charge in [0.05, 0.1) is 5.25 Å². The molecule has 1 fully saturated rings. The van der Waals surface area contributed by atoms with Gasteiger partial charge >= 0.3 is 0 Å². The molecule has 1 atom stereocenters. The second-order valence-electron chi connectivity index (χ2n) is 6.04. The van der Waals surface area contributed by atoms with E-state index in [4.69, 9.17) is 0 Å². The lowest BCUT2D eigenvalue weighted by Gasteiger charge is -2.16. The van der Waals surface area contributed by atoms with Crippen LogP contribution >= 0.6 is 11.8 Å². The summed E-state index contributed by atoms with van der Waals surface area (Å²) >= 11 is 1.46. The molecule has 1 aliphatic rings. The highest BCUT2D eigenvalue weighted by molar-refractivity contribution is 8.00. The van der Waals surface area contributed by atoms with E-state index < -0.39 is 0 Å². The Labute approximate surface area is 146 Å². The number of hydrogen-bond donors (Lipinski definition) is 1. The highest BCUT2D eigenvalue weighted by Gasteiger charge is 2.23. The quantitative estimate of drug-likeness (QED) is 0.815.